The standard InChI is InChI=1S/C24H26N2O3/c27-24(9-3-5-18-16-25-20-7-2-1-6-19(18)20)26-12-4-8-21(26)17-10-11-22-23(15-17)29-14-13-28-22/h1-2,6-7,10-11,15-16,21,25H,3-5,8-9,12-14H2/t21-/m0/s1. The quantitative estimate of drug-likeness (QED) is 0.691. The van der Waals surface area contributed by atoms with Gasteiger partial charge in [0.25, 0.3) is 0 Å². The number of aromatic nitrogens is 1. The summed E-state index contributed by atoms with van der Waals surface area (Å²) in [6, 6.07) is 14.6. The zero-order valence-electron chi connectivity index (χ0n) is 16.5. The van der Waals surface area contributed by atoms with E-state index in [-0.39, 0.29) is 11.9 Å². The van der Waals surface area contributed by atoms with Gasteiger partial charge in [0.2, 0.25) is 5.91 Å². The molecular formula is C24H26N2O3. The Morgan fingerprint density at radius 1 is 1.10 bits per heavy atom. The second-order valence-corrected chi connectivity index (χ2v) is 7.86. The molecule has 1 saturated heterocycles. The number of rotatable bonds is 5. The average molecular weight is 390 g/mol. The normalized spacial score (nSPS) is 18.3. The molecule has 2 aliphatic heterocycles. The Morgan fingerprint density at radius 2 is 1.97 bits per heavy atom. The lowest BCUT2D eigenvalue weighted by Crippen LogP contribution is -2.30. The second kappa shape index (κ2) is 7.82. The third-order valence-corrected chi connectivity index (χ3v) is 6.04. The maximum Gasteiger partial charge on any atom is 0.223 e. The minimum absolute atomic E-state index is 0.145. The van der Waals surface area contributed by atoms with Gasteiger partial charge in [-0.25, -0.2) is 0 Å². The molecule has 1 fully saturated rings. The van der Waals surface area contributed by atoms with Crippen LogP contribution in [0.5, 0.6) is 11.5 Å². The van der Waals surface area contributed by atoms with Gasteiger partial charge in [-0.3, -0.25) is 4.79 Å². The monoisotopic (exact) mass is 390 g/mol. The number of nitrogens with one attached hydrogen (secondary N) is 1. The van der Waals surface area contributed by atoms with Crippen LogP contribution in [0.25, 0.3) is 10.9 Å². The summed E-state index contributed by atoms with van der Waals surface area (Å²) in [5, 5.41) is 1.26. The van der Waals surface area contributed by atoms with Crippen molar-refractivity contribution in [3.63, 3.8) is 0 Å². The number of para-hydroxylation sites is 1. The fraction of sp³-hybridized carbons (Fsp3) is 0.375. The van der Waals surface area contributed by atoms with Crippen molar-refractivity contribution in [3.05, 3.63) is 59.8 Å². The summed E-state index contributed by atoms with van der Waals surface area (Å²) in [6.07, 6.45) is 6.49. The Morgan fingerprint density at radius 3 is 2.90 bits per heavy atom. The fourth-order valence-corrected chi connectivity index (χ4v) is 4.59. The van der Waals surface area contributed by atoms with Crippen molar-refractivity contribution in [2.75, 3.05) is 19.8 Å². The first-order valence-electron chi connectivity index (χ1n) is 10.5. The number of benzene rings is 2. The summed E-state index contributed by atoms with van der Waals surface area (Å²) in [7, 11) is 0. The van der Waals surface area contributed by atoms with E-state index in [1.807, 2.05) is 12.1 Å². The number of H-pyrrole nitrogens is 1. The van der Waals surface area contributed by atoms with Gasteiger partial charge >= 0.3 is 0 Å². The molecule has 1 N–H and O–H groups in total. The van der Waals surface area contributed by atoms with Crippen LogP contribution in [-0.4, -0.2) is 35.5 Å². The molecule has 0 radical (unpaired) electrons. The van der Waals surface area contributed by atoms with Crippen molar-refractivity contribution >= 4 is 16.8 Å². The lowest BCUT2D eigenvalue weighted by atomic mass is 10.0. The number of hydrogen-bond acceptors (Lipinski definition) is 3. The highest BCUT2D eigenvalue weighted by Gasteiger charge is 2.30. The first-order chi connectivity index (χ1) is 14.3. The highest BCUT2D eigenvalue weighted by molar-refractivity contribution is 5.83. The van der Waals surface area contributed by atoms with Crippen LogP contribution in [-0.2, 0) is 11.2 Å². The largest absolute Gasteiger partial charge is 0.486 e. The number of aromatic amines is 1. The SMILES string of the molecule is O=C(CCCc1c[nH]c2ccccc12)N1CCC[C@H]1c1ccc2c(c1)OCCO2. The van der Waals surface area contributed by atoms with Crippen molar-refractivity contribution < 1.29 is 14.3 Å². The Kier molecular flexibility index (Phi) is 4.88. The molecule has 2 aromatic carbocycles. The first kappa shape index (κ1) is 18.1. The fourth-order valence-electron chi connectivity index (χ4n) is 4.59. The molecule has 0 aliphatic carbocycles. The molecule has 0 bridgehead atoms. The second-order valence-electron chi connectivity index (χ2n) is 7.86. The highest BCUT2D eigenvalue weighted by Crippen LogP contribution is 2.38. The number of likely N-dealkylation sites (tertiary alicyclic amines) is 1. The minimum atomic E-state index is 0.145. The minimum Gasteiger partial charge on any atom is -0.486 e. The summed E-state index contributed by atoms with van der Waals surface area (Å²) in [6.45, 7) is 2.01. The molecule has 150 valence electrons. The molecule has 5 heteroatoms. The predicted octanol–water partition coefficient (Wildman–Crippen LogP) is 4.63. The van der Waals surface area contributed by atoms with Gasteiger partial charge in [-0.15, -0.1) is 0 Å². The van der Waals surface area contributed by atoms with Crippen LogP contribution in [0.1, 0.15) is 42.9 Å². The van der Waals surface area contributed by atoms with Gasteiger partial charge in [-0.05, 0) is 55.0 Å². The molecule has 5 nitrogen and oxygen atoms in total. The molecule has 5 rings (SSSR count). The molecule has 1 atom stereocenters. The molecule has 0 saturated carbocycles. The number of nitrogens with zero attached hydrogens (tertiary/aromatic N) is 1. The molecular weight excluding hydrogens is 364 g/mol. The molecule has 0 unspecified atom stereocenters. The third kappa shape index (κ3) is 3.57. The van der Waals surface area contributed by atoms with Gasteiger partial charge in [0.15, 0.2) is 11.5 Å². The molecule has 2 aliphatic rings. The number of hydrogen-bond donors (Lipinski definition) is 1. The number of carbonyl (C=O) groups is 1. The van der Waals surface area contributed by atoms with Crippen LogP contribution in [0.2, 0.25) is 0 Å². The topological polar surface area (TPSA) is 54.6 Å². The van der Waals surface area contributed by atoms with Crippen LogP contribution in [0.4, 0.5) is 0 Å². The van der Waals surface area contributed by atoms with Crippen molar-refractivity contribution in [3.8, 4) is 11.5 Å². The molecule has 1 aromatic heterocycles. The van der Waals surface area contributed by atoms with E-state index in [1.165, 1.54) is 10.9 Å². The molecule has 29 heavy (non-hydrogen) atoms. The van der Waals surface area contributed by atoms with Gasteiger partial charge in [0, 0.05) is 30.1 Å². The Hall–Kier alpha value is -2.95. The summed E-state index contributed by atoms with van der Waals surface area (Å²) >= 11 is 0. The summed E-state index contributed by atoms with van der Waals surface area (Å²) in [4.78, 5) is 18.3. The Labute approximate surface area is 170 Å². The van der Waals surface area contributed by atoms with Gasteiger partial charge in [0.1, 0.15) is 13.2 Å². The number of amides is 1. The van der Waals surface area contributed by atoms with Gasteiger partial charge < -0.3 is 19.4 Å². The van der Waals surface area contributed by atoms with Crippen LogP contribution in [0.15, 0.2) is 48.7 Å². The van der Waals surface area contributed by atoms with Gasteiger partial charge in [-0.1, -0.05) is 24.3 Å². The molecule has 0 spiro atoms. The van der Waals surface area contributed by atoms with Crippen LogP contribution < -0.4 is 9.47 Å². The van der Waals surface area contributed by atoms with Crippen molar-refractivity contribution in [1.29, 1.82) is 0 Å². The Balaban J connectivity index is 1.23. The van der Waals surface area contributed by atoms with Crippen LogP contribution in [0.3, 0.4) is 0 Å². The Bertz CT molecular complexity index is 1030. The van der Waals surface area contributed by atoms with E-state index >= 15 is 0 Å². The average Bonchev–Trinajstić information content (AvgIpc) is 3.41. The van der Waals surface area contributed by atoms with E-state index in [9.17, 15) is 4.79 Å². The van der Waals surface area contributed by atoms with Gasteiger partial charge in [0.05, 0.1) is 6.04 Å². The summed E-state index contributed by atoms with van der Waals surface area (Å²) < 4.78 is 11.4. The lowest BCUT2D eigenvalue weighted by Gasteiger charge is -2.27. The van der Waals surface area contributed by atoms with E-state index < -0.39 is 0 Å². The first-order valence-corrected chi connectivity index (χ1v) is 10.5. The maximum atomic E-state index is 13.0. The zero-order valence-corrected chi connectivity index (χ0v) is 16.5. The van der Waals surface area contributed by atoms with E-state index in [0.717, 1.165) is 54.8 Å². The van der Waals surface area contributed by atoms with Gasteiger partial charge in [-0.2, -0.15) is 0 Å². The number of fused-ring (bicyclic) bond motifs is 2. The smallest absolute Gasteiger partial charge is 0.223 e. The van der Waals surface area contributed by atoms with E-state index in [0.29, 0.717) is 19.6 Å². The number of ether oxygens (including phenoxy) is 2. The highest BCUT2D eigenvalue weighted by atomic mass is 16.6. The van der Waals surface area contributed by atoms with E-state index in [4.69, 9.17) is 9.47 Å². The number of aryl methyl sites for hydroxylation is 1. The molecule has 3 heterocycles. The van der Waals surface area contributed by atoms with Crippen molar-refractivity contribution in [1.82, 2.24) is 9.88 Å². The summed E-state index contributed by atoms with van der Waals surface area (Å²) in [5.41, 5.74) is 3.60. The zero-order chi connectivity index (χ0) is 19.6. The van der Waals surface area contributed by atoms with Crippen molar-refractivity contribution in [2.45, 2.75) is 38.1 Å². The maximum absolute atomic E-state index is 13.0. The van der Waals surface area contributed by atoms with Crippen LogP contribution >= 0.6 is 0 Å². The third-order valence-electron chi connectivity index (χ3n) is 6.04. The summed E-state index contributed by atoms with van der Waals surface area (Å²) in [5.74, 6) is 1.85. The number of carbonyl (C=O) groups excluding carboxylic acids is 1. The molecule has 3 aromatic rings. The van der Waals surface area contributed by atoms with Crippen LogP contribution in [0, 0.1) is 0 Å². The van der Waals surface area contributed by atoms with E-state index in [1.54, 1.807) is 0 Å². The van der Waals surface area contributed by atoms with Crippen molar-refractivity contribution in [2.24, 2.45) is 0 Å². The molecule has 1 amide bonds. The predicted molar refractivity (Wildman–Crippen MR) is 112 cm³/mol. The van der Waals surface area contributed by atoms with E-state index in [2.05, 4.69) is 46.4 Å². The lowest BCUT2D eigenvalue weighted by molar-refractivity contribution is -0.132.